The fourth-order valence-corrected chi connectivity index (χ4v) is 2.98. The van der Waals surface area contributed by atoms with Crippen molar-refractivity contribution in [3.05, 3.63) is 48.2 Å². The van der Waals surface area contributed by atoms with Crippen LogP contribution in [0.25, 0.3) is 0 Å². The molecule has 1 atom stereocenters. The molecule has 1 unspecified atom stereocenters. The summed E-state index contributed by atoms with van der Waals surface area (Å²) in [6.45, 7) is 5.00. The number of alkyl halides is 3. The predicted octanol–water partition coefficient (Wildman–Crippen LogP) is 3.36. The van der Waals surface area contributed by atoms with E-state index in [-0.39, 0.29) is 5.88 Å². The first-order valence-corrected chi connectivity index (χ1v) is 10.0. The molecule has 2 heterocycles. The summed E-state index contributed by atoms with van der Waals surface area (Å²) in [6, 6.07) is 8.14. The van der Waals surface area contributed by atoms with Crippen molar-refractivity contribution in [2.45, 2.75) is 19.4 Å². The van der Waals surface area contributed by atoms with E-state index in [0.717, 1.165) is 12.1 Å². The van der Waals surface area contributed by atoms with Gasteiger partial charge >= 0.3 is 12.3 Å². The Kier molecular flexibility index (Phi) is 7.89. The lowest BCUT2D eigenvalue weighted by atomic mass is 10.3. The molecule has 32 heavy (non-hydrogen) atoms. The SMILES string of the molecule is CC(O)OCCN1CCN(C(=O)Oc2ccc(Oc3ccc(C(F)(F)F)cn3)cc2)CC1. The van der Waals surface area contributed by atoms with Crippen LogP contribution in [-0.2, 0) is 10.9 Å². The summed E-state index contributed by atoms with van der Waals surface area (Å²) in [6.07, 6.45) is -5.03. The van der Waals surface area contributed by atoms with Crippen LogP contribution in [0.15, 0.2) is 42.6 Å². The molecule has 1 fully saturated rings. The molecule has 1 aliphatic heterocycles. The number of ether oxygens (including phenoxy) is 3. The number of hydrogen-bond donors (Lipinski definition) is 1. The van der Waals surface area contributed by atoms with Gasteiger partial charge < -0.3 is 24.2 Å². The highest BCUT2D eigenvalue weighted by Gasteiger charge is 2.30. The van der Waals surface area contributed by atoms with Crippen molar-refractivity contribution in [2.24, 2.45) is 0 Å². The molecule has 2 aromatic rings. The minimum absolute atomic E-state index is 0.0134. The minimum Gasteiger partial charge on any atom is -0.439 e. The summed E-state index contributed by atoms with van der Waals surface area (Å²) in [4.78, 5) is 19.7. The fraction of sp³-hybridized carbons (Fsp3) is 0.429. The number of nitrogens with zero attached hydrogens (tertiary/aromatic N) is 3. The van der Waals surface area contributed by atoms with Gasteiger partial charge in [0.05, 0.1) is 12.2 Å². The average molecular weight is 455 g/mol. The number of rotatable bonds is 7. The van der Waals surface area contributed by atoms with Crippen LogP contribution in [0.3, 0.4) is 0 Å². The third-order valence-electron chi connectivity index (χ3n) is 4.71. The second-order valence-corrected chi connectivity index (χ2v) is 7.12. The molecular formula is C21H24F3N3O5. The number of amides is 1. The van der Waals surface area contributed by atoms with E-state index in [2.05, 4.69) is 9.88 Å². The van der Waals surface area contributed by atoms with Crippen LogP contribution in [-0.4, -0.2) is 71.6 Å². The summed E-state index contributed by atoms with van der Waals surface area (Å²) >= 11 is 0. The summed E-state index contributed by atoms with van der Waals surface area (Å²) in [5.41, 5.74) is -0.860. The van der Waals surface area contributed by atoms with Crippen LogP contribution in [0.5, 0.6) is 17.4 Å². The lowest BCUT2D eigenvalue weighted by Gasteiger charge is -2.33. The van der Waals surface area contributed by atoms with Crippen LogP contribution < -0.4 is 9.47 Å². The Morgan fingerprint density at radius 2 is 1.75 bits per heavy atom. The maximum Gasteiger partial charge on any atom is 0.417 e. The van der Waals surface area contributed by atoms with Crippen LogP contribution in [0.1, 0.15) is 12.5 Å². The van der Waals surface area contributed by atoms with Gasteiger partial charge in [-0.05, 0) is 37.3 Å². The summed E-state index contributed by atoms with van der Waals surface area (Å²) < 4.78 is 53.7. The standard InChI is InChI=1S/C21H24F3N3O5/c1-15(28)30-13-12-26-8-10-27(11-9-26)20(29)32-18-5-3-17(4-6-18)31-19-7-2-16(14-25-19)21(22,23)24/h2-7,14-15,28H,8-13H2,1H3. The molecule has 1 aromatic heterocycles. The molecular weight excluding hydrogens is 431 g/mol. The number of carbonyl (C=O) groups is 1. The van der Waals surface area contributed by atoms with E-state index in [0.29, 0.717) is 57.0 Å². The zero-order valence-electron chi connectivity index (χ0n) is 17.4. The van der Waals surface area contributed by atoms with Gasteiger partial charge in [0, 0.05) is 45.0 Å². The smallest absolute Gasteiger partial charge is 0.417 e. The molecule has 1 aromatic carbocycles. The topological polar surface area (TPSA) is 84.4 Å². The molecule has 11 heteroatoms. The van der Waals surface area contributed by atoms with Crippen molar-refractivity contribution < 1.29 is 37.3 Å². The molecule has 3 rings (SSSR count). The molecule has 0 bridgehead atoms. The van der Waals surface area contributed by atoms with E-state index in [9.17, 15) is 18.0 Å². The highest BCUT2D eigenvalue weighted by molar-refractivity contribution is 5.70. The van der Waals surface area contributed by atoms with Gasteiger partial charge in [0.1, 0.15) is 11.5 Å². The first kappa shape index (κ1) is 23.8. The number of piperazine rings is 1. The third-order valence-corrected chi connectivity index (χ3v) is 4.71. The normalized spacial score (nSPS) is 16.0. The Labute approximate surface area is 183 Å². The van der Waals surface area contributed by atoms with Crippen LogP contribution >= 0.6 is 0 Å². The van der Waals surface area contributed by atoms with Gasteiger partial charge in [0.2, 0.25) is 5.88 Å². The number of benzene rings is 1. The van der Waals surface area contributed by atoms with Crippen molar-refractivity contribution in [2.75, 3.05) is 39.3 Å². The van der Waals surface area contributed by atoms with Crippen LogP contribution in [0.2, 0.25) is 0 Å². The molecule has 0 saturated carbocycles. The number of hydrogen-bond acceptors (Lipinski definition) is 7. The fourth-order valence-electron chi connectivity index (χ4n) is 2.98. The molecule has 0 radical (unpaired) electrons. The highest BCUT2D eigenvalue weighted by Crippen LogP contribution is 2.30. The highest BCUT2D eigenvalue weighted by atomic mass is 19.4. The largest absolute Gasteiger partial charge is 0.439 e. The van der Waals surface area contributed by atoms with Crippen molar-refractivity contribution in [1.29, 1.82) is 0 Å². The van der Waals surface area contributed by atoms with Crippen molar-refractivity contribution >= 4 is 6.09 Å². The van der Waals surface area contributed by atoms with Gasteiger partial charge in [-0.15, -0.1) is 0 Å². The van der Waals surface area contributed by atoms with E-state index in [1.165, 1.54) is 24.3 Å². The molecule has 1 amide bonds. The third kappa shape index (κ3) is 7.08. The maximum atomic E-state index is 12.6. The lowest BCUT2D eigenvalue weighted by Crippen LogP contribution is -2.50. The van der Waals surface area contributed by atoms with Gasteiger partial charge in [-0.1, -0.05) is 0 Å². The van der Waals surface area contributed by atoms with E-state index < -0.39 is 24.1 Å². The second kappa shape index (κ2) is 10.6. The predicted molar refractivity (Wildman–Crippen MR) is 107 cm³/mol. The zero-order chi connectivity index (χ0) is 23.1. The Morgan fingerprint density at radius 3 is 2.31 bits per heavy atom. The summed E-state index contributed by atoms with van der Waals surface area (Å²) in [5.74, 6) is 0.667. The Hall–Kier alpha value is -2.89. The first-order chi connectivity index (χ1) is 15.2. The molecule has 1 aliphatic rings. The Bertz CT molecular complexity index is 868. The second-order valence-electron chi connectivity index (χ2n) is 7.12. The van der Waals surface area contributed by atoms with E-state index in [1.807, 2.05) is 0 Å². The molecule has 1 N–H and O–H groups in total. The number of halogens is 3. The first-order valence-electron chi connectivity index (χ1n) is 10.0. The summed E-state index contributed by atoms with van der Waals surface area (Å²) in [7, 11) is 0. The minimum atomic E-state index is -4.46. The Balaban J connectivity index is 1.45. The van der Waals surface area contributed by atoms with Gasteiger partial charge in [-0.3, -0.25) is 4.90 Å². The van der Waals surface area contributed by atoms with Crippen molar-refractivity contribution in [3.8, 4) is 17.4 Å². The quantitative estimate of drug-likeness (QED) is 0.641. The van der Waals surface area contributed by atoms with Crippen LogP contribution in [0.4, 0.5) is 18.0 Å². The van der Waals surface area contributed by atoms with Crippen LogP contribution in [0, 0.1) is 0 Å². The van der Waals surface area contributed by atoms with E-state index in [1.54, 1.807) is 11.8 Å². The molecule has 0 spiro atoms. The molecule has 0 aliphatic carbocycles. The van der Waals surface area contributed by atoms with Gasteiger partial charge in [-0.2, -0.15) is 13.2 Å². The number of aliphatic hydroxyl groups excluding tert-OH is 1. The number of aliphatic hydroxyl groups is 1. The lowest BCUT2D eigenvalue weighted by molar-refractivity contribution is -0.137. The number of pyridine rings is 1. The van der Waals surface area contributed by atoms with Crippen molar-refractivity contribution in [1.82, 2.24) is 14.8 Å². The average Bonchev–Trinajstić information content (AvgIpc) is 2.75. The summed E-state index contributed by atoms with van der Waals surface area (Å²) in [5, 5.41) is 9.11. The van der Waals surface area contributed by atoms with Gasteiger partial charge in [-0.25, -0.2) is 9.78 Å². The molecule has 8 nitrogen and oxygen atoms in total. The monoisotopic (exact) mass is 455 g/mol. The van der Waals surface area contributed by atoms with Gasteiger partial charge in [0.25, 0.3) is 0 Å². The molecule has 1 saturated heterocycles. The van der Waals surface area contributed by atoms with E-state index >= 15 is 0 Å². The maximum absolute atomic E-state index is 12.6. The number of aromatic nitrogens is 1. The number of carbonyl (C=O) groups excluding carboxylic acids is 1. The van der Waals surface area contributed by atoms with Gasteiger partial charge in [0.15, 0.2) is 6.29 Å². The Morgan fingerprint density at radius 1 is 1.09 bits per heavy atom. The zero-order valence-corrected chi connectivity index (χ0v) is 17.4. The van der Waals surface area contributed by atoms with E-state index in [4.69, 9.17) is 19.3 Å². The molecule has 174 valence electrons. The van der Waals surface area contributed by atoms with Crippen molar-refractivity contribution in [3.63, 3.8) is 0 Å².